The molecule has 0 atom stereocenters. The minimum Gasteiger partial charge on any atom is -0.294 e. The lowest BCUT2D eigenvalue weighted by Crippen LogP contribution is -2.22. The smallest absolute Gasteiger partial charge is 0.294 e. The quantitative estimate of drug-likeness (QED) is 0.626. The molecule has 0 radical (unpaired) electrons. The van der Waals surface area contributed by atoms with E-state index in [1.165, 1.54) is 0 Å². The molecule has 19 heavy (non-hydrogen) atoms. The van der Waals surface area contributed by atoms with Crippen LogP contribution in [0.25, 0.3) is 21.7 Å². The molecule has 3 rings (SSSR count). The molecule has 0 aliphatic rings. The van der Waals surface area contributed by atoms with Gasteiger partial charge in [0.2, 0.25) is 0 Å². The molecule has 0 aliphatic carbocycles. The van der Waals surface area contributed by atoms with E-state index < -0.39 is 0 Å². The highest BCUT2D eigenvalue weighted by Crippen LogP contribution is 2.27. The van der Waals surface area contributed by atoms with E-state index in [1.807, 2.05) is 12.1 Å². The molecule has 2 heterocycles. The second-order valence-corrected chi connectivity index (χ2v) is 5.05. The lowest BCUT2D eigenvalue weighted by molar-refractivity contribution is 0.776. The Hall–Kier alpha value is -2.23. The fraction of sp³-hybridized carbons (Fsp3) is 0.267. The average Bonchev–Trinajstić information content (AvgIpc) is 2.41. The van der Waals surface area contributed by atoms with Gasteiger partial charge in [-0.05, 0) is 17.4 Å². The van der Waals surface area contributed by atoms with Crippen molar-refractivity contribution in [1.82, 2.24) is 14.5 Å². The summed E-state index contributed by atoms with van der Waals surface area (Å²) in [5.74, 6) is 0.213. The Morgan fingerprint density at radius 2 is 1.95 bits per heavy atom. The molecule has 0 saturated heterocycles. The summed E-state index contributed by atoms with van der Waals surface area (Å²) >= 11 is 0. The van der Waals surface area contributed by atoms with Crippen molar-refractivity contribution in [3.8, 4) is 0 Å². The largest absolute Gasteiger partial charge is 0.348 e. The molecule has 0 unspecified atom stereocenters. The van der Waals surface area contributed by atoms with Gasteiger partial charge < -0.3 is 0 Å². The SMILES string of the molecule is CC(C)c1nc(=O)n(C)c2c1ccc1ccncc12. The van der Waals surface area contributed by atoms with Crippen LogP contribution in [0.3, 0.4) is 0 Å². The molecular formula is C15H15N3O. The maximum absolute atomic E-state index is 12.0. The van der Waals surface area contributed by atoms with E-state index in [9.17, 15) is 4.79 Å². The summed E-state index contributed by atoms with van der Waals surface area (Å²) in [6.45, 7) is 4.10. The van der Waals surface area contributed by atoms with Gasteiger partial charge in [-0.2, -0.15) is 4.98 Å². The van der Waals surface area contributed by atoms with Gasteiger partial charge in [-0.1, -0.05) is 26.0 Å². The summed E-state index contributed by atoms with van der Waals surface area (Å²) in [5.41, 5.74) is 1.55. The van der Waals surface area contributed by atoms with Crippen LogP contribution in [0.1, 0.15) is 25.5 Å². The molecular weight excluding hydrogens is 238 g/mol. The van der Waals surface area contributed by atoms with Crippen molar-refractivity contribution in [3.63, 3.8) is 0 Å². The van der Waals surface area contributed by atoms with Gasteiger partial charge in [0, 0.05) is 30.2 Å². The lowest BCUT2D eigenvalue weighted by Gasteiger charge is -2.13. The second-order valence-electron chi connectivity index (χ2n) is 5.05. The molecule has 4 heteroatoms. The predicted molar refractivity (Wildman–Crippen MR) is 76.4 cm³/mol. The number of nitrogens with zero attached hydrogens (tertiary/aromatic N) is 3. The summed E-state index contributed by atoms with van der Waals surface area (Å²) < 4.78 is 1.60. The lowest BCUT2D eigenvalue weighted by atomic mass is 10.0. The molecule has 0 amide bonds. The van der Waals surface area contributed by atoms with E-state index in [0.717, 1.165) is 27.4 Å². The number of aromatic nitrogens is 3. The number of benzene rings is 1. The van der Waals surface area contributed by atoms with E-state index in [2.05, 4.69) is 29.9 Å². The average molecular weight is 253 g/mol. The zero-order valence-electron chi connectivity index (χ0n) is 11.2. The van der Waals surface area contributed by atoms with Gasteiger partial charge in [-0.15, -0.1) is 0 Å². The van der Waals surface area contributed by atoms with Crippen molar-refractivity contribution >= 4 is 21.7 Å². The number of aryl methyl sites for hydroxylation is 1. The minimum absolute atomic E-state index is 0.213. The van der Waals surface area contributed by atoms with Gasteiger partial charge in [0.05, 0.1) is 11.2 Å². The Kier molecular flexibility index (Phi) is 2.59. The van der Waals surface area contributed by atoms with Crippen LogP contribution in [-0.2, 0) is 7.05 Å². The van der Waals surface area contributed by atoms with E-state index in [0.29, 0.717) is 0 Å². The topological polar surface area (TPSA) is 47.8 Å². The van der Waals surface area contributed by atoms with Crippen LogP contribution in [0, 0.1) is 0 Å². The highest BCUT2D eigenvalue weighted by molar-refractivity contribution is 6.05. The fourth-order valence-corrected chi connectivity index (χ4v) is 2.49. The first-order chi connectivity index (χ1) is 9.09. The van der Waals surface area contributed by atoms with E-state index in [-0.39, 0.29) is 11.6 Å². The number of hydrogen-bond donors (Lipinski definition) is 0. The van der Waals surface area contributed by atoms with E-state index >= 15 is 0 Å². The van der Waals surface area contributed by atoms with Gasteiger partial charge in [0.1, 0.15) is 0 Å². The molecule has 96 valence electrons. The Labute approximate surface area is 110 Å². The first-order valence-corrected chi connectivity index (χ1v) is 6.33. The molecule has 0 N–H and O–H groups in total. The third-order valence-electron chi connectivity index (χ3n) is 3.46. The molecule has 1 aromatic carbocycles. The minimum atomic E-state index is -0.215. The van der Waals surface area contributed by atoms with Gasteiger partial charge >= 0.3 is 5.69 Å². The number of pyridine rings is 1. The Morgan fingerprint density at radius 3 is 2.68 bits per heavy atom. The van der Waals surface area contributed by atoms with E-state index in [1.54, 1.807) is 24.0 Å². The standard InChI is InChI=1S/C15H15N3O/c1-9(2)13-11-5-4-10-6-7-16-8-12(10)14(11)18(3)15(19)17-13/h4-9H,1-3H3. The second kappa shape index (κ2) is 4.16. The summed E-state index contributed by atoms with van der Waals surface area (Å²) in [6, 6.07) is 6.05. The molecule has 0 saturated carbocycles. The number of fused-ring (bicyclic) bond motifs is 3. The third kappa shape index (κ3) is 1.71. The summed E-state index contributed by atoms with van der Waals surface area (Å²) in [6.07, 6.45) is 3.57. The Balaban J connectivity index is 2.62. The predicted octanol–water partition coefficient (Wildman–Crippen LogP) is 2.61. The molecule has 0 fully saturated rings. The molecule has 4 nitrogen and oxygen atoms in total. The van der Waals surface area contributed by atoms with Crippen molar-refractivity contribution in [1.29, 1.82) is 0 Å². The van der Waals surface area contributed by atoms with Crippen molar-refractivity contribution < 1.29 is 0 Å². The normalized spacial score (nSPS) is 11.6. The van der Waals surface area contributed by atoms with Gasteiger partial charge in [-0.25, -0.2) is 4.79 Å². The van der Waals surface area contributed by atoms with Gasteiger partial charge in [-0.3, -0.25) is 9.55 Å². The van der Waals surface area contributed by atoms with Crippen LogP contribution >= 0.6 is 0 Å². The molecule has 0 spiro atoms. The number of rotatable bonds is 1. The first kappa shape index (κ1) is 11.8. The van der Waals surface area contributed by atoms with Gasteiger partial charge in [0.15, 0.2) is 0 Å². The summed E-state index contributed by atoms with van der Waals surface area (Å²) in [7, 11) is 1.76. The van der Waals surface area contributed by atoms with E-state index in [4.69, 9.17) is 0 Å². The molecule has 3 aromatic rings. The Morgan fingerprint density at radius 1 is 1.16 bits per heavy atom. The fourth-order valence-electron chi connectivity index (χ4n) is 2.49. The van der Waals surface area contributed by atoms with Crippen LogP contribution in [-0.4, -0.2) is 14.5 Å². The van der Waals surface area contributed by atoms with Crippen LogP contribution in [0.15, 0.2) is 35.4 Å². The highest BCUT2D eigenvalue weighted by atomic mass is 16.1. The molecule has 0 aliphatic heterocycles. The van der Waals surface area contributed by atoms with Crippen LogP contribution in [0.4, 0.5) is 0 Å². The molecule has 0 bridgehead atoms. The maximum atomic E-state index is 12.0. The van der Waals surface area contributed by atoms with Gasteiger partial charge in [0.25, 0.3) is 0 Å². The monoisotopic (exact) mass is 253 g/mol. The zero-order valence-corrected chi connectivity index (χ0v) is 11.2. The van der Waals surface area contributed by atoms with Crippen LogP contribution in [0.5, 0.6) is 0 Å². The first-order valence-electron chi connectivity index (χ1n) is 6.33. The van der Waals surface area contributed by atoms with Crippen LogP contribution in [0.2, 0.25) is 0 Å². The van der Waals surface area contributed by atoms with Crippen molar-refractivity contribution in [2.24, 2.45) is 7.05 Å². The van der Waals surface area contributed by atoms with Crippen molar-refractivity contribution in [2.45, 2.75) is 19.8 Å². The Bertz CT molecular complexity index is 834. The zero-order chi connectivity index (χ0) is 13.6. The third-order valence-corrected chi connectivity index (χ3v) is 3.46. The van der Waals surface area contributed by atoms with Crippen molar-refractivity contribution in [2.75, 3.05) is 0 Å². The van der Waals surface area contributed by atoms with Crippen molar-refractivity contribution in [3.05, 3.63) is 46.8 Å². The maximum Gasteiger partial charge on any atom is 0.348 e. The number of hydrogen-bond acceptors (Lipinski definition) is 3. The summed E-state index contributed by atoms with van der Waals surface area (Å²) in [5, 5.41) is 3.10. The summed E-state index contributed by atoms with van der Waals surface area (Å²) in [4.78, 5) is 20.4. The molecule has 2 aromatic heterocycles. The van der Waals surface area contributed by atoms with Crippen LogP contribution < -0.4 is 5.69 Å². The highest BCUT2D eigenvalue weighted by Gasteiger charge is 2.13.